The van der Waals surface area contributed by atoms with Crippen LogP contribution in [0, 0.1) is 34.1 Å². The molecule has 0 saturated carbocycles. The number of nitro groups is 2. The third-order valence-electron chi connectivity index (χ3n) is 18.4. The van der Waals surface area contributed by atoms with Crippen molar-refractivity contribution >= 4 is 64.0 Å². The molecule has 0 fully saturated rings. The number of aromatic nitrogens is 12. The van der Waals surface area contributed by atoms with E-state index >= 15 is 0 Å². The minimum atomic E-state index is -5.02. The number of pyridine rings is 2. The molecule has 13 aromatic rings. The number of aliphatic hydroxyl groups excluding tert-OH is 1. The number of hydrogen-bond acceptors (Lipinski definition) is 19. The van der Waals surface area contributed by atoms with Crippen LogP contribution in [0.4, 0.5) is 141 Å². The number of nitrogens with one attached hydrogen (secondary N) is 2. The van der Waals surface area contributed by atoms with Crippen molar-refractivity contribution in [3.63, 3.8) is 0 Å². The molecule has 0 bridgehead atoms. The van der Waals surface area contributed by atoms with Crippen LogP contribution in [-0.2, 0) is 55.6 Å². The number of aryl methyl sites for hydroxylation is 1. The van der Waals surface area contributed by atoms with Gasteiger partial charge < -0.3 is 54.2 Å². The van der Waals surface area contributed by atoms with Crippen molar-refractivity contribution in [1.29, 1.82) is 0 Å². The number of H-pyrrole nitrogens is 1. The summed E-state index contributed by atoms with van der Waals surface area (Å²) in [6.45, 7) is 12.2. The quantitative estimate of drug-likeness (QED) is 0.0133. The first-order valence-electron chi connectivity index (χ1n) is 38.6. The van der Waals surface area contributed by atoms with Gasteiger partial charge >= 0.3 is 96.0 Å². The molecule has 1 amide bonds. The number of nitrogen functional groups attached to an aromatic ring is 1. The third kappa shape index (κ3) is 33.5. The normalized spacial score (nSPS) is 12.5. The molecule has 8 heterocycles. The van der Waals surface area contributed by atoms with Gasteiger partial charge in [0.15, 0.2) is 22.9 Å². The van der Waals surface area contributed by atoms with Crippen molar-refractivity contribution in [2.75, 3.05) is 11.1 Å². The van der Waals surface area contributed by atoms with Gasteiger partial charge in [-0.3, -0.25) is 58.9 Å². The van der Waals surface area contributed by atoms with Crippen LogP contribution in [0.25, 0.3) is 22.9 Å². The number of benzene rings is 5. The number of carboxylic acids is 1. The Morgan fingerprint density at radius 1 is 0.486 bits per heavy atom. The molecule has 13 rings (SSSR count). The molecular weight excluding hydrogens is 2030 g/mol. The number of halogens is 28. The number of carboxylic acid groups (broad SMARTS) is 1. The van der Waals surface area contributed by atoms with E-state index in [1.165, 1.54) is 73.9 Å². The van der Waals surface area contributed by atoms with Crippen molar-refractivity contribution in [1.82, 2.24) is 59.8 Å². The number of aliphatic hydroxyl groups is 1. The average Bonchev–Trinajstić information content (AvgIpc) is 1.67. The predicted octanol–water partition coefficient (Wildman–Crippen LogP) is 21.4. The summed E-state index contributed by atoms with van der Waals surface area (Å²) in [5, 5.41) is 65.0. The van der Waals surface area contributed by atoms with Gasteiger partial charge in [0, 0.05) is 42.5 Å². The summed E-state index contributed by atoms with van der Waals surface area (Å²) in [6, 6.07) is 18.6. The number of alkyl halides is 27. The minimum Gasteiger partial charge on any atom is -1.00 e. The molecule has 140 heavy (non-hydrogen) atoms. The number of carbonyl (C=O) groups is 3. The first-order chi connectivity index (χ1) is 64.0. The predicted molar refractivity (Wildman–Crippen MR) is 437 cm³/mol. The minimum absolute atomic E-state index is 0. The first kappa shape index (κ1) is 118. The maximum absolute atomic E-state index is 13.6. The molecule has 750 valence electrons. The number of hydrogen-bond donors (Lipinski definition) is 5. The van der Waals surface area contributed by atoms with Crippen LogP contribution in [0.3, 0.4) is 0 Å². The van der Waals surface area contributed by atoms with Gasteiger partial charge in [-0.15, -0.1) is 0 Å². The summed E-state index contributed by atoms with van der Waals surface area (Å²) in [4.78, 5) is 60.7. The maximum atomic E-state index is 13.6. The SMILES string of the molecule is CC(O)c1ccc(C(F)(F)F)cc1C(F)(F)F.CCC(c1ccc(C(F)(F)F)cc1C(F)(F)F)n1cc(N)cn1.CCC(c1ccc(C(F)(F)F)cc1C(F)(F)F)n1cc(NC(=O)c2cc(-c3ccccn3)on2)cn1.CCC(c1ccc(C(F)(F)F)cc1C(F)(F)F)n1cc([N+](=O)[O-])cn1.Cc1cc(C(F)(F)F)ccc1C=O.O=C(O)c1cc(-c2ccccn2)on1.O=[N+]([O-])c1cn[nH]c1.[Br-].[CH2-]C.[Mg+2]. The Balaban J connectivity index is 0.000000353. The second kappa shape index (κ2) is 49.7. The van der Waals surface area contributed by atoms with Gasteiger partial charge in [-0.25, -0.2) is 4.79 Å². The Labute approximate surface area is 797 Å². The van der Waals surface area contributed by atoms with Gasteiger partial charge in [0.25, 0.3) is 5.91 Å². The van der Waals surface area contributed by atoms with Gasteiger partial charge in [0.05, 0.1) is 114 Å². The summed E-state index contributed by atoms with van der Waals surface area (Å²) in [5.74, 6) is -1.18. The molecule has 6 N–H and O–H groups in total. The molecule has 5 aromatic carbocycles. The van der Waals surface area contributed by atoms with E-state index in [9.17, 15) is 153 Å². The van der Waals surface area contributed by atoms with E-state index in [4.69, 9.17) is 25.0 Å². The third-order valence-corrected chi connectivity index (χ3v) is 18.4. The van der Waals surface area contributed by atoms with Gasteiger partial charge in [0.2, 0.25) is 0 Å². The van der Waals surface area contributed by atoms with Crippen LogP contribution in [0.5, 0.6) is 0 Å². The van der Waals surface area contributed by atoms with E-state index in [0.717, 1.165) is 65.2 Å². The van der Waals surface area contributed by atoms with Crippen LogP contribution < -0.4 is 28.0 Å². The Hall–Kier alpha value is -13.8. The Morgan fingerprint density at radius 2 is 0.836 bits per heavy atom. The fraction of sp³-hybridized carbons (Fsp3) is 0.262. The molecule has 0 saturated heterocycles. The number of amides is 1. The number of aromatic amines is 1. The number of carbonyl (C=O) groups excluding carboxylic acids is 2. The van der Waals surface area contributed by atoms with Crippen LogP contribution in [0.1, 0.15) is 187 Å². The molecule has 0 aliphatic carbocycles. The summed E-state index contributed by atoms with van der Waals surface area (Å²) < 4.78 is 360. The summed E-state index contributed by atoms with van der Waals surface area (Å²) in [6.07, 6.45) is -32.0. The molecule has 0 aliphatic rings. The van der Waals surface area contributed by atoms with Crippen LogP contribution in [-0.4, -0.2) is 121 Å². The fourth-order valence-electron chi connectivity index (χ4n) is 12.0. The van der Waals surface area contributed by atoms with E-state index in [2.05, 4.69) is 58.0 Å². The molecule has 8 aromatic heterocycles. The molecule has 0 aliphatic heterocycles. The molecule has 4 unspecified atom stereocenters. The van der Waals surface area contributed by atoms with Crippen molar-refractivity contribution in [3.8, 4) is 22.9 Å². The average molecular weight is 2100 g/mol. The van der Waals surface area contributed by atoms with Crippen LogP contribution >= 0.6 is 0 Å². The first-order valence-corrected chi connectivity index (χ1v) is 38.6. The van der Waals surface area contributed by atoms with E-state index in [0.29, 0.717) is 59.3 Å². The van der Waals surface area contributed by atoms with Gasteiger partial charge in [-0.2, -0.15) is 146 Å². The van der Waals surface area contributed by atoms with Crippen molar-refractivity contribution < 1.29 is 179 Å². The van der Waals surface area contributed by atoms with E-state index in [1.54, 1.807) is 63.4 Å². The van der Waals surface area contributed by atoms with E-state index < -0.39 is 168 Å². The number of aldehydes is 1. The zero-order chi connectivity index (χ0) is 104. The molecule has 0 spiro atoms. The second-order valence-corrected chi connectivity index (χ2v) is 27.8. The zero-order valence-corrected chi connectivity index (χ0v) is 75.0. The van der Waals surface area contributed by atoms with E-state index in [1.807, 2.05) is 0 Å². The Bertz CT molecular complexity index is 6200. The monoisotopic (exact) mass is 2090 g/mol. The fourth-order valence-corrected chi connectivity index (χ4v) is 12.0. The van der Waals surface area contributed by atoms with E-state index in [-0.39, 0.29) is 134 Å². The smallest absolute Gasteiger partial charge is 1.00 e. The molecular formula is C84H70BrF27MgN16O11. The number of anilines is 2. The van der Waals surface area contributed by atoms with Gasteiger partial charge in [-0.05, 0) is 146 Å². The zero-order valence-electron chi connectivity index (χ0n) is 72.0. The summed E-state index contributed by atoms with van der Waals surface area (Å²) in [7, 11) is 0. The summed E-state index contributed by atoms with van der Waals surface area (Å²) in [5.41, 5.74) is -6.73. The maximum Gasteiger partial charge on any atom is 2.00 e. The number of nitrogens with two attached hydrogens (primary N) is 1. The largest absolute Gasteiger partial charge is 2.00 e. The van der Waals surface area contributed by atoms with Crippen molar-refractivity contribution in [2.24, 2.45) is 0 Å². The molecule has 4 atom stereocenters. The second-order valence-electron chi connectivity index (χ2n) is 27.8. The topological polar surface area (TPSA) is 376 Å². The molecule has 56 heteroatoms. The Kier molecular flexibility index (Phi) is 42.0. The standard InChI is InChI=1S/C23H17F6N5O2.C14H11F6N3O2.C14H13F6N3.C10H8F6O.C9H7F3O.C9H6N2O3.C3H3N3O2.C2H5.BrH.Mg/c1-2-19(15-7-6-13(22(24,25)26)9-16(15)23(27,28)29)34-12-14(11-31-34)32-21(35)18-10-20(36-33-18)17-5-3-4-8-30-17;1-2-12(22-7-9(6-21-22)23(24)25)10-4-3-8(13(15,16)17)5-11(10)14(18,19)20;1-2-12(23-7-9(21)6-22-23)10-4-3-8(13(15,16)17)5-11(10)14(18,19)20;1-5(17)7-3-2-6(9(11,12)13)4-8(7)10(14,15)16;1-6-4-8(9(10,11)12)3-2-7(6)5-13;12-9(13)7-5-8(14-11-7)6-3-1-2-4-10-6;7-6(8)3-1-4-5-2-3;1-2;;/h3-12,19H,2H2,1H3,(H,32,35);3-7,12H,2H2,1H3;3-7,12H,2,21H2,1H3;2-5,17H,1H3;2-5H,1H3;1-5H,(H,12,13);1-2H,(H,4,5);1H2,2H3;1H;/q;;;;;;;-1;;+2/p-1. The number of rotatable bonds is 18. The molecule has 27 nitrogen and oxygen atoms in total. The van der Waals surface area contributed by atoms with Gasteiger partial charge in [-0.1, -0.05) is 73.5 Å². The van der Waals surface area contributed by atoms with Gasteiger partial charge in [0.1, 0.15) is 36.3 Å². The number of aromatic carboxylic acids is 1. The number of nitrogens with zero attached hydrogens (tertiary/aromatic N) is 13. The molecule has 0 radical (unpaired) electrons. The summed E-state index contributed by atoms with van der Waals surface area (Å²) >= 11 is 0. The van der Waals surface area contributed by atoms with Crippen LogP contribution in [0.15, 0.2) is 211 Å². The Morgan fingerprint density at radius 3 is 1.14 bits per heavy atom. The van der Waals surface area contributed by atoms with Crippen molar-refractivity contribution in [2.45, 2.75) is 141 Å². The van der Waals surface area contributed by atoms with Crippen LogP contribution in [0.2, 0.25) is 0 Å². The van der Waals surface area contributed by atoms with Crippen molar-refractivity contribution in [3.05, 3.63) is 323 Å².